The van der Waals surface area contributed by atoms with Crippen molar-refractivity contribution in [2.75, 3.05) is 46.8 Å². The Bertz CT molecular complexity index is 273. The molecule has 1 saturated heterocycles. The number of carbonyl (C=O) groups excluding carboxylic acids is 1. The van der Waals surface area contributed by atoms with Crippen LogP contribution in [-0.2, 0) is 4.79 Å². The summed E-state index contributed by atoms with van der Waals surface area (Å²) in [6.45, 7) is 9.29. The van der Waals surface area contributed by atoms with Gasteiger partial charge in [-0.05, 0) is 58.3 Å². The summed E-state index contributed by atoms with van der Waals surface area (Å²) < 4.78 is 0. The van der Waals surface area contributed by atoms with Crippen LogP contribution >= 0.6 is 0 Å². The van der Waals surface area contributed by atoms with E-state index < -0.39 is 0 Å². The molecule has 1 unspecified atom stereocenters. The van der Waals surface area contributed by atoms with Crippen molar-refractivity contribution in [3.63, 3.8) is 0 Å². The first-order chi connectivity index (χ1) is 9.49. The molecule has 0 saturated carbocycles. The first-order valence-electron chi connectivity index (χ1n) is 8.12. The van der Waals surface area contributed by atoms with Crippen LogP contribution in [0.5, 0.6) is 0 Å². The highest BCUT2D eigenvalue weighted by Crippen LogP contribution is 2.17. The number of nitrogens with zero attached hydrogens (tertiary/aromatic N) is 2. The maximum absolute atomic E-state index is 12.4. The maximum Gasteiger partial charge on any atom is 0.222 e. The molecule has 0 aromatic rings. The smallest absolute Gasteiger partial charge is 0.222 e. The highest BCUT2D eigenvalue weighted by molar-refractivity contribution is 5.76. The molecule has 1 amide bonds. The predicted octanol–water partition coefficient (Wildman–Crippen LogP) is 1.81. The first-order valence-corrected chi connectivity index (χ1v) is 8.12. The normalized spacial score (nSPS) is 19.6. The summed E-state index contributed by atoms with van der Waals surface area (Å²) in [7, 11) is 4.12. The van der Waals surface area contributed by atoms with Crippen molar-refractivity contribution in [2.45, 2.75) is 39.5 Å². The number of hydrogen-bond donors (Lipinski definition) is 1. The summed E-state index contributed by atoms with van der Waals surface area (Å²) in [6, 6.07) is 0. The molecule has 1 N–H and O–H groups in total. The van der Waals surface area contributed by atoms with Crippen molar-refractivity contribution in [2.24, 2.45) is 11.8 Å². The van der Waals surface area contributed by atoms with Crippen molar-refractivity contribution in [1.82, 2.24) is 15.1 Å². The summed E-state index contributed by atoms with van der Waals surface area (Å²) in [4.78, 5) is 16.6. The van der Waals surface area contributed by atoms with Crippen molar-refractivity contribution in [3.8, 4) is 0 Å². The largest absolute Gasteiger partial charge is 0.341 e. The number of hydrogen-bond acceptors (Lipinski definition) is 3. The molecule has 4 nitrogen and oxygen atoms in total. The zero-order valence-electron chi connectivity index (χ0n) is 13.8. The summed E-state index contributed by atoms with van der Waals surface area (Å²) in [5.74, 6) is 1.58. The van der Waals surface area contributed by atoms with Crippen LogP contribution in [0.15, 0.2) is 0 Å². The van der Waals surface area contributed by atoms with Crippen LogP contribution in [0.25, 0.3) is 0 Å². The minimum atomic E-state index is 0.339. The second kappa shape index (κ2) is 9.35. The van der Waals surface area contributed by atoms with E-state index in [4.69, 9.17) is 0 Å². The zero-order valence-corrected chi connectivity index (χ0v) is 13.8. The van der Waals surface area contributed by atoms with E-state index in [9.17, 15) is 4.79 Å². The van der Waals surface area contributed by atoms with E-state index in [0.717, 1.165) is 39.1 Å². The van der Waals surface area contributed by atoms with Crippen LogP contribution in [0, 0.1) is 11.8 Å². The Balaban J connectivity index is 2.36. The van der Waals surface area contributed by atoms with Gasteiger partial charge < -0.3 is 15.1 Å². The molecule has 1 heterocycles. The lowest BCUT2D eigenvalue weighted by atomic mass is 9.94. The summed E-state index contributed by atoms with van der Waals surface area (Å²) in [5.41, 5.74) is 0. The molecule has 0 spiro atoms. The van der Waals surface area contributed by atoms with Gasteiger partial charge in [0.15, 0.2) is 0 Å². The Kier molecular flexibility index (Phi) is 8.15. The SMILES string of the molecule is CC(C)CN(CCN(C)C)C(=O)CCC1CCCNC1. The minimum Gasteiger partial charge on any atom is -0.341 e. The molecular formula is C16H33N3O. The number of amides is 1. The number of likely N-dealkylation sites (N-methyl/N-ethyl adjacent to an activating group) is 1. The fraction of sp³-hybridized carbons (Fsp3) is 0.938. The molecule has 0 bridgehead atoms. The third-order valence-corrected chi connectivity index (χ3v) is 3.92. The van der Waals surface area contributed by atoms with Gasteiger partial charge in [-0.15, -0.1) is 0 Å². The van der Waals surface area contributed by atoms with E-state index in [1.54, 1.807) is 0 Å². The molecule has 1 rings (SSSR count). The average Bonchev–Trinajstić information content (AvgIpc) is 2.41. The molecule has 0 aliphatic carbocycles. The van der Waals surface area contributed by atoms with Gasteiger partial charge in [-0.1, -0.05) is 13.8 Å². The van der Waals surface area contributed by atoms with Gasteiger partial charge in [-0.2, -0.15) is 0 Å². The van der Waals surface area contributed by atoms with Gasteiger partial charge >= 0.3 is 0 Å². The van der Waals surface area contributed by atoms with Crippen molar-refractivity contribution in [3.05, 3.63) is 0 Å². The van der Waals surface area contributed by atoms with Crippen LogP contribution in [0.2, 0.25) is 0 Å². The Hall–Kier alpha value is -0.610. The minimum absolute atomic E-state index is 0.339. The highest BCUT2D eigenvalue weighted by Gasteiger charge is 2.18. The van der Waals surface area contributed by atoms with Crippen molar-refractivity contribution in [1.29, 1.82) is 0 Å². The summed E-state index contributed by atoms with van der Waals surface area (Å²) in [5, 5.41) is 3.43. The van der Waals surface area contributed by atoms with E-state index in [1.807, 2.05) is 0 Å². The van der Waals surface area contributed by atoms with Gasteiger partial charge in [0, 0.05) is 26.1 Å². The van der Waals surface area contributed by atoms with Crippen LogP contribution in [0.4, 0.5) is 0 Å². The molecular weight excluding hydrogens is 250 g/mol. The molecule has 0 aromatic carbocycles. The van der Waals surface area contributed by atoms with E-state index in [1.165, 1.54) is 12.8 Å². The molecule has 1 fully saturated rings. The van der Waals surface area contributed by atoms with Gasteiger partial charge in [0.2, 0.25) is 5.91 Å². The second-order valence-electron chi connectivity index (χ2n) is 6.79. The van der Waals surface area contributed by atoms with E-state index in [-0.39, 0.29) is 0 Å². The van der Waals surface area contributed by atoms with Crippen LogP contribution in [-0.4, -0.2) is 62.5 Å². The van der Waals surface area contributed by atoms with Crippen LogP contribution in [0.3, 0.4) is 0 Å². The molecule has 0 radical (unpaired) electrons. The number of piperidine rings is 1. The molecule has 118 valence electrons. The molecule has 4 heteroatoms. The lowest BCUT2D eigenvalue weighted by Crippen LogP contribution is -2.39. The highest BCUT2D eigenvalue weighted by atomic mass is 16.2. The zero-order chi connectivity index (χ0) is 15.0. The monoisotopic (exact) mass is 283 g/mol. The summed E-state index contributed by atoms with van der Waals surface area (Å²) >= 11 is 0. The Morgan fingerprint density at radius 2 is 2.05 bits per heavy atom. The van der Waals surface area contributed by atoms with Crippen molar-refractivity contribution >= 4 is 5.91 Å². The third-order valence-electron chi connectivity index (χ3n) is 3.92. The van der Waals surface area contributed by atoms with Gasteiger partial charge in [-0.25, -0.2) is 0 Å². The fourth-order valence-corrected chi connectivity index (χ4v) is 2.74. The first kappa shape index (κ1) is 17.4. The van der Waals surface area contributed by atoms with Gasteiger partial charge in [0.25, 0.3) is 0 Å². The Labute approximate surface area is 124 Å². The topological polar surface area (TPSA) is 35.6 Å². The maximum atomic E-state index is 12.4. The van der Waals surface area contributed by atoms with Crippen LogP contribution in [0.1, 0.15) is 39.5 Å². The Morgan fingerprint density at radius 1 is 1.30 bits per heavy atom. The van der Waals surface area contributed by atoms with Gasteiger partial charge in [0.1, 0.15) is 0 Å². The van der Waals surface area contributed by atoms with Crippen LogP contribution < -0.4 is 5.32 Å². The molecule has 1 aliphatic rings. The van der Waals surface area contributed by atoms with E-state index in [2.05, 4.69) is 43.1 Å². The van der Waals surface area contributed by atoms with E-state index >= 15 is 0 Å². The number of rotatable bonds is 8. The fourth-order valence-electron chi connectivity index (χ4n) is 2.74. The molecule has 1 atom stereocenters. The van der Waals surface area contributed by atoms with E-state index in [0.29, 0.717) is 24.2 Å². The second-order valence-corrected chi connectivity index (χ2v) is 6.79. The lowest BCUT2D eigenvalue weighted by Gasteiger charge is -2.28. The number of carbonyl (C=O) groups is 1. The standard InChI is InChI=1S/C16H33N3O/c1-14(2)13-19(11-10-18(3)4)16(20)8-7-15-6-5-9-17-12-15/h14-15,17H,5-13H2,1-4H3. The molecule has 0 aromatic heterocycles. The molecule has 1 aliphatic heterocycles. The quantitative estimate of drug-likeness (QED) is 0.738. The summed E-state index contributed by atoms with van der Waals surface area (Å²) in [6.07, 6.45) is 4.30. The van der Waals surface area contributed by atoms with Gasteiger partial charge in [-0.3, -0.25) is 4.79 Å². The Morgan fingerprint density at radius 3 is 2.60 bits per heavy atom. The number of nitrogens with one attached hydrogen (secondary N) is 1. The van der Waals surface area contributed by atoms with Gasteiger partial charge in [0.05, 0.1) is 0 Å². The van der Waals surface area contributed by atoms with Crippen molar-refractivity contribution < 1.29 is 4.79 Å². The predicted molar refractivity (Wildman–Crippen MR) is 84.8 cm³/mol. The molecule has 20 heavy (non-hydrogen) atoms. The average molecular weight is 283 g/mol. The third kappa shape index (κ3) is 7.25. The lowest BCUT2D eigenvalue weighted by molar-refractivity contribution is -0.132.